The molecule has 6 aliphatic rings. The number of Topliss-reactive ketones (excluding diaryl/α,β-unsaturated/α-hetero) is 2. The molecule has 7 aromatic rings. The van der Waals surface area contributed by atoms with E-state index in [1.807, 2.05) is 109 Å². The molecule has 441 valence electrons. The number of aromatic nitrogens is 4. The van der Waals surface area contributed by atoms with Gasteiger partial charge in [-0.05, 0) is 143 Å². The van der Waals surface area contributed by atoms with Crippen LogP contribution in [0.15, 0.2) is 109 Å². The minimum atomic E-state index is -0.224. The molecular weight excluding hydrogens is 1130 g/mol. The Hall–Kier alpha value is -8.79. The first-order valence-electron chi connectivity index (χ1n) is 29.6. The van der Waals surface area contributed by atoms with Gasteiger partial charge in [-0.15, -0.1) is 22.1 Å². The van der Waals surface area contributed by atoms with Crippen molar-refractivity contribution in [1.82, 2.24) is 19.9 Å². The molecule has 4 amide bonds. The molecule has 13 rings (SSSR count). The van der Waals surface area contributed by atoms with Gasteiger partial charge in [0.05, 0.1) is 45.5 Å². The SMILES string of the molecule is CC(=O)c1ccc(-c2c3nc(c(-c4c(NC(=O)[C@H]5CC5(C)C)cccc4NC(=O)[C@@H]4CC4(C)C)c4ccc([n-]4)c(-c4ccc(C(C)=O)cc4)c4nc(c(-c5c(NC(=O)[C@H]6CC6(C)C)cccc5NC(=O)[C@@H]5CC5(C)C)c5ccc2[n-]5)C=C4)C=C3)cc1.[Co+2]. The molecule has 0 unspecified atom stereocenters. The first kappa shape index (κ1) is 58.6. The van der Waals surface area contributed by atoms with Crippen LogP contribution in [0.25, 0.3) is 90.9 Å². The number of ketones is 2. The summed E-state index contributed by atoms with van der Waals surface area (Å²) in [5.74, 6) is -1.62. The van der Waals surface area contributed by atoms with E-state index in [-0.39, 0.29) is 97.3 Å². The maximum Gasteiger partial charge on any atom is 2.00 e. The van der Waals surface area contributed by atoms with Crippen molar-refractivity contribution < 1.29 is 45.5 Å². The third kappa shape index (κ3) is 11.0. The molecule has 4 saturated carbocycles. The molecule has 4 atom stereocenters. The summed E-state index contributed by atoms with van der Waals surface area (Å²) < 4.78 is 0. The van der Waals surface area contributed by atoms with Crippen molar-refractivity contribution >= 4 is 104 Å². The van der Waals surface area contributed by atoms with Crippen molar-refractivity contribution in [3.63, 3.8) is 0 Å². The number of fused-ring (bicyclic) bond motifs is 8. The van der Waals surface area contributed by atoms with Crippen molar-refractivity contribution in [2.45, 2.75) is 94.9 Å². The van der Waals surface area contributed by atoms with E-state index in [9.17, 15) is 28.8 Å². The number of amides is 4. The first-order valence-corrected chi connectivity index (χ1v) is 29.6. The van der Waals surface area contributed by atoms with Gasteiger partial charge in [-0.3, -0.25) is 28.8 Å². The van der Waals surface area contributed by atoms with E-state index in [4.69, 9.17) is 19.9 Å². The summed E-state index contributed by atoms with van der Waals surface area (Å²) in [4.78, 5) is 105. The topological polar surface area (TPSA) is 205 Å². The molecule has 4 aliphatic carbocycles. The largest absolute Gasteiger partial charge is 2.00 e. The van der Waals surface area contributed by atoms with Crippen molar-refractivity contribution in [2.24, 2.45) is 45.3 Å². The average molecular weight is 1200 g/mol. The molecular formula is C72H68CoN8O6. The quantitative estimate of drug-likeness (QED) is 0.0758. The second kappa shape index (κ2) is 21.3. The summed E-state index contributed by atoms with van der Waals surface area (Å²) in [6, 6.07) is 33.4. The van der Waals surface area contributed by atoms with E-state index in [1.54, 1.807) is 24.3 Å². The molecule has 0 saturated heterocycles. The fraction of sp³-hybridized carbons (Fsp3) is 0.306. The molecule has 2 aliphatic heterocycles. The number of hydrogen-bond acceptors (Lipinski definition) is 8. The normalized spacial score (nSPS) is 19.9. The zero-order valence-electron chi connectivity index (χ0n) is 50.4. The molecule has 4 fully saturated rings. The Morgan fingerprint density at radius 1 is 0.368 bits per heavy atom. The molecule has 3 aromatic heterocycles. The number of carbonyl (C=O) groups is 6. The van der Waals surface area contributed by atoms with Gasteiger partial charge < -0.3 is 31.2 Å². The van der Waals surface area contributed by atoms with Crippen LogP contribution in [0.3, 0.4) is 0 Å². The summed E-state index contributed by atoms with van der Waals surface area (Å²) in [6.45, 7) is 19.7. The molecule has 4 aromatic carbocycles. The van der Waals surface area contributed by atoms with Crippen molar-refractivity contribution in [3.05, 3.63) is 143 Å². The zero-order valence-corrected chi connectivity index (χ0v) is 51.5. The van der Waals surface area contributed by atoms with Crippen LogP contribution in [-0.2, 0) is 36.0 Å². The molecule has 0 spiro atoms. The number of hydrogen-bond donors (Lipinski definition) is 4. The predicted molar refractivity (Wildman–Crippen MR) is 341 cm³/mol. The van der Waals surface area contributed by atoms with Crippen LogP contribution < -0.4 is 31.2 Å². The van der Waals surface area contributed by atoms with Gasteiger partial charge in [0.2, 0.25) is 23.6 Å². The Kier molecular flexibility index (Phi) is 14.3. The molecule has 5 heterocycles. The maximum absolute atomic E-state index is 14.3. The van der Waals surface area contributed by atoms with E-state index in [0.29, 0.717) is 123 Å². The van der Waals surface area contributed by atoms with Crippen LogP contribution in [0.2, 0.25) is 0 Å². The van der Waals surface area contributed by atoms with Gasteiger partial charge in [-0.2, -0.15) is 0 Å². The van der Waals surface area contributed by atoms with E-state index in [2.05, 4.69) is 76.7 Å². The van der Waals surface area contributed by atoms with Crippen molar-refractivity contribution in [3.8, 4) is 44.5 Å². The van der Waals surface area contributed by atoms with E-state index in [1.165, 1.54) is 13.8 Å². The summed E-state index contributed by atoms with van der Waals surface area (Å²) in [5, 5.41) is 13.2. The Balaban J connectivity index is 0.00000739. The van der Waals surface area contributed by atoms with Crippen LogP contribution in [0, 0.1) is 45.3 Å². The standard InChI is InChI=1S/C72H70N8O6.Co/c1-37(81)39-17-21-41(22-18-39)59-51-25-29-55(73-51)63(61-47(77-65(83)43-33-69(43,3)4)13-11-14-48(61)78-66(84)44-34-70(44,5)6)57-31-27-53(75-57)60(42-23-19-40(20-24-42)38(2)82)54-28-32-58(76-54)64(56-30-26-52(59)74-56)62-49(79-67(85)45-35-71(45,7)8)15-12-16-50(62)80-68(86)46-36-72(46,9)10;/h11-32,43-46H,33-36H2,1-10H3,(H6,73,74,75,76,77,78,79,80,81,82,83,84,85,86);/q;+2/p-2/t43-,44+,45-,46+;. The summed E-state index contributed by atoms with van der Waals surface area (Å²) in [6.07, 6.45) is 10.6. The summed E-state index contributed by atoms with van der Waals surface area (Å²) >= 11 is 0. The first-order chi connectivity index (χ1) is 40.9. The van der Waals surface area contributed by atoms with E-state index >= 15 is 0 Å². The van der Waals surface area contributed by atoms with Gasteiger partial charge in [-0.1, -0.05) is 140 Å². The monoisotopic (exact) mass is 1200 g/mol. The van der Waals surface area contributed by atoms with Gasteiger partial charge >= 0.3 is 16.8 Å². The second-order valence-electron chi connectivity index (χ2n) is 27.0. The number of carbonyl (C=O) groups excluding carboxylic acids is 6. The van der Waals surface area contributed by atoms with Crippen molar-refractivity contribution in [1.29, 1.82) is 0 Å². The minimum Gasteiger partial charge on any atom is -0.657 e. The van der Waals surface area contributed by atoms with Crippen LogP contribution in [0.4, 0.5) is 22.7 Å². The Bertz CT molecular complexity index is 3980. The van der Waals surface area contributed by atoms with Crippen LogP contribution in [0.5, 0.6) is 0 Å². The molecule has 15 heteroatoms. The van der Waals surface area contributed by atoms with Crippen LogP contribution >= 0.6 is 0 Å². The summed E-state index contributed by atoms with van der Waals surface area (Å²) in [7, 11) is 0. The predicted octanol–water partition coefficient (Wildman–Crippen LogP) is 14.9. The Morgan fingerprint density at radius 2 is 0.609 bits per heavy atom. The van der Waals surface area contributed by atoms with E-state index < -0.39 is 0 Å². The van der Waals surface area contributed by atoms with Gasteiger partial charge in [0.1, 0.15) is 0 Å². The fourth-order valence-corrected chi connectivity index (χ4v) is 12.5. The number of nitrogens with zero attached hydrogens (tertiary/aromatic N) is 4. The maximum atomic E-state index is 14.3. The fourth-order valence-electron chi connectivity index (χ4n) is 12.5. The van der Waals surface area contributed by atoms with Crippen LogP contribution in [0.1, 0.15) is 138 Å². The average Bonchev–Trinajstić information content (AvgIpc) is 2.93. The Morgan fingerprint density at radius 3 is 0.851 bits per heavy atom. The molecule has 1 radical (unpaired) electrons. The number of benzene rings is 4. The number of rotatable bonds is 14. The third-order valence-corrected chi connectivity index (χ3v) is 18.7. The van der Waals surface area contributed by atoms with Gasteiger partial charge in [0.25, 0.3) is 0 Å². The van der Waals surface area contributed by atoms with Crippen LogP contribution in [-0.4, -0.2) is 45.2 Å². The van der Waals surface area contributed by atoms with Gasteiger partial charge in [-0.25, -0.2) is 9.97 Å². The van der Waals surface area contributed by atoms with Crippen molar-refractivity contribution in [2.75, 3.05) is 21.3 Å². The van der Waals surface area contributed by atoms with Gasteiger partial charge in [0, 0.05) is 45.9 Å². The zero-order chi connectivity index (χ0) is 60.5. The minimum absolute atomic E-state index is 0. The molecule has 14 nitrogen and oxygen atoms in total. The number of nitrogens with one attached hydrogen (secondary N) is 4. The van der Waals surface area contributed by atoms with Gasteiger partial charge in [0.15, 0.2) is 11.6 Å². The summed E-state index contributed by atoms with van der Waals surface area (Å²) in [5.41, 5.74) is 11.0. The smallest absolute Gasteiger partial charge is 0.657 e. The molecule has 87 heavy (non-hydrogen) atoms. The second-order valence-corrected chi connectivity index (χ2v) is 27.0. The van der Waals surface area contributed by atoms with E-state index in [0.717, 1.165) is 25.7 Å². The molecule has 8 bridgehead atoms. The molecule has 4 N–H and O–H groups in total. The Labute approximate surface area is 516 Å². The third-order valence-electron chi connectivity index (χ3n) is 18.7. The number of anilines is 4.